The van der Waals surface area contributed by atoms with Gasteiger partial charge in [-0.2, -0.15) is 18.3 Å². The molecule has 0 unspecified atom stereocenters. The van der Waals surface area contributed by atoms with Gasteiger partial charge in [-0.25, -0.2) is 4.68 Å². The Labute approximate surface area is 117 Å². The van der Waals surface area contributed by atoms with Gasteiger partial charge in [0, 0.05) is 5.56 Å². The van der Waals surface area contributed by atoms with Crippen molar-refractivity contribution < 1.29 is 13.2 Å². The van der Waals surface area contributed by atoms with E-state index in [2.05, 4.69) is 10.5 Å². The van der Waals surface area contributed by atoms with E-state index in [-0.39, 0.29) is 5.69 Å². The van der Waals surface area contributed by atoms with Gasteiger partial charge in [-0.3, -0.25) is 0 Å². The SMILES string of the molecule is FC(F)(F)c1cc(-c2ccccc2)nn1-c1[c]scc1. The molecule has 101 valence electrons. The molecule has 3 rings (SSSR count). The summed E-state index contributed by atoms with van der Waals surface area (Å²) in [6, 6.07) is 11.4. The zero-order valence-corrected chi connectivity index (χ0v) is 10.9. The molecule has 0 aliphatic rings. The van der Waals surface area contributed by atoms with Crippen LogP contribution in [0.15, 0.2) is 47.8 Å². The third-order valence-electron chi connectivity index (χ3n) is 2.75. The van der Waals surface area contributed by atoms with Crippen molar-refractivity contribution in [3.05, 3.63) is 58.9 Å². The standard InChI is InChI=1S/C14H8F3N2S/c15-14(16,17)13-8-12(10-4-2-1-3-5-10)18-19(13)11-6-7-20-9-11/h1-8H. The molecule has 6 heteroatoms. The Morgan fingerprint density at radius 1 is 1.10 bits per heavy atom. The highest BCUT2D eigenvalue weighted by Gasteiger charge is 2.36. The van der Waals surface area contributed by atoms with E-state index in [0.29, 0.717) is 11.3 Å². The van der Waals surface area contributed by atoms with Gasteiger partial charge >= 0.3 is 6.18 Å². The van der Waals surface area contributed by atoms with Gasteiger partial charge in [0.15, 0.2) is 0 Å². The Bertz CT molecular complexity index is 700. The number of halogens is 3. The summed E-state index contributed by atoms with van der Waals surface area (Å²) in [7, 11) is 0. The molecular weight excluding hydrogens is 285 g/mol. The molecule has 1 radical (unpaired) electrons. The zero-order chi connectivity index (χ0) is 14.2. The minimum absolute atomic E-state index is 0.289. The summed E-state index contributed by atoms with van der Waals surface area (Å²) >= 11 is 1.21. The summed E-state index contributed by atoms with van der Waals surface area (Å²) in [6.07, 6.45) is -4.46. The van der Waals surface area contributed by atoms with Crippen LogP contribution in [0, 0.1) is 5.38 Å². The maximum atomic E-state index is 13.1. The van der Waals surface area contributed by atoms with Crippen molar-refractivity contribution in [1.29, 1.82) is 0 Å². The minimum atomic E-state index is -4.46. The van der Waals surface area contributed by atoms with E-state index in [0.717, 1.165) is 10.7 Å². The molecule has 0 saturated heterocycles. The van der Waals surface area contributed by atoms with Crippen molar-refractivity contribution in [3.63, 3.8) is 0 Å². The number of alkyl halides is 3. The molecule has 0 amide bonds. The molecule has 0 atom stereocenters. The Hall–Kier alpha value is -2.08. The Balaban J connectivity index is 2.17. The number of hydrogen-bond acceptors (Lipinski definition) is 2. The fraction of sp³-hybridized carbons (Fsp3) is 0.0714. The molecule has 0 N–H and O–H groups in total. The molecule has 0 aliphatic heterocycles. The van der Waals surface area contributed by atoms with Crippen LogP contribution in [0.4, 0.5) is 13.2 Å². The van der Waals surface area contributed by atoms with E-state index in [1.54, 1.807) is 41.8 Å². The molecule has 3 aromatic rings. The lowest BCUT2D eigenvalue weighted by Gasteiger charge is -2.07. The molecule has 1 aromatic carbocycles. The van der Waals surface area contributed by atoms with E-state index in [9.17, 15) is 13.2 Å². The molecule has 2 aromatic heterocycles. The molecule has 20 heavy (non-hydrogen) atoms. The number of nitrogens with zero attached hydrogens (tertiary/aromatic N) is 2. The summed E-state index contributed by atoms with van der Waals surface area (Å²) in [6.45, 7) is 0. The average molecular weight is 293 g/mol. The zero-order valence-electron chi connectivity index (χ0n) is 10.1. The quantitative estimate of drug-likeness (QED) is 0.684. The van der Waals surface area contributed by atoms with Gasteiger partial charge in [0.1, 0.15) is 5.69 Å². The number of thiophene rings is 1. The number of hydrogen-bond donors (Lipinski definition) is 0. The number of rotatable bonds is 2. The predicted octanol–water partition coefficient (Wildman–Crippen LogP) is 4.42. The van der Waals surface area contributed by atoms with Crippen LogP contribution in [0.25, 0.3) is 16.9 Å². The van der Waals surface area contributed by atoms with Crippen LogP contribution in [0.2, 0.25) is 0 Å². The normalized spacial score (nSPS) is 11.8. The maximum absolute atomic E-state index is 13.1. The first-order valence-corrected chi connectivity index (χ1v) is 6.62. The van der Waals surface area contributed by atoms with Crippen LogP contribution < -0.4 is 0 Å². The van der Waals surface area contributed by atoms with E-state index < -0.39 is 11.9 Å². The lowest BCUT2D eigenvalue weighted by molar-refractivity contribution is -0.142. The van der Waals surface area contributed by atoms with E-state index >= 15 is 0 Å². The highest BCUT2D eigenvalue weighted by Crippen LogP contribution is 2.34. The van der Waals surface area contributed by atoms with Gasteiger partial charge in [0.2, 0.25) is 0 Å². The van der Waals surface area contributed by atoms with E-state index in [4.69, 9.17) is 0 Å². The second-order valence-corrected chi connectivity index (χ2v) is 4.81. The van der Waals surface area contributed by atoms with Gasteiger partial charge < -0.3 is 0 Å². The van der Waals surface area contributed by atoms with Crippen molar-refractivity contribution in [1.82, 2.24) is 9.78 Å². The first kappa shape index (κ1) is 12.9. The van der Waals surface area contributed by atoms with Gasteiger partial charge in [-0.05, 0) is 17.5 Å². The second kappa shape index (κ2) is 4.79. The Morgan fingerprint density at radius 2 is 1.85 bits per heavy atom. The molecule has 0 saturated carbocycles. The van der Waals surface area contributed by atoms with Crippen LogP contribution in [0.5, 0.6) is 0 Å². The van der Waals surface area contributed by atoms with Gasteiger partial charge in [0.25, 0.3) is 0 Å². The predicted molar refractivity (Wildman–Crippen MR) is 70.7 cm³/mol. The monoisotopic (exact) mass is 293 g/mol. The van der Waals surface area contributed by atoms with Crippen molar-refractivity contribution in [2.24, 2.45) is 0 Å². The summed E-state index contributed by atoms with van der Waals surface area (Å²) in [5, 5.41) is 8.50. The fourth-order valence-corrected chi connectivity index (χ4v) is 2.40. The molecule has 2 nitrogen and oxygen atoms in total. The first-order valence-electron chi connectivity index (χ1n) is 5.74. The molecule has 2 heterocycles. The Morgan fingerprint density at radius 3 is 2.45 bits per heavy atom. The van der Waals surface area contributed by atoms with E-state index in [1.165, 1.54) is 11.3 Å². The van der Waals surface area contributed by atoms with Crippen LogP contribution >= 0.6 is 11.3 Å². The van der Waals surface area contributed by atoms with Crippen LogP contribution in [-0.2, 0) is 6.18 Å². The summed E-state index contributed by atoms with van der Waals surface area (Å²) in [5.41, 5.74) is 0.431. The molecular formula is C14H8F3N2S. The Kier molecular flexibility index (Phi) is 3.10. The van der Waals surface area contributed by atoms with E-state index in [1.807, 2.05) is 0 Å². The molecule has 0 bridgehead atoms. The van der Waals surface area contributed by atoms with Crippen LogP contribution in [0.3, 0.4) is 0 Å². The highest BCUT2D eigenvalue weighted by atomic mass is 32.1. The topological polar surface area (TPSA) is 17.8 Å². The van der Waals surface area contributed by atoms with Crippen LogP contribution in [0.1, 0.15) is 5.69 Å². The summed E-state index contributed by atoms with van der Waals surface area (Å²) in [5.74, 6) is 0. The fourth-order valence-electron chi connectivity index (χ4n) is 1.86. The average Bonchev–Trinajstić information content (AvgIpc) is 3.08. The van der Waals surface area contributed by atoms with Gasteiger partial charge in [-0.1, -0.05) is 30.3 Å². The van der Waals surface area contributed by atoms with Gasteiger partial charge in [-0.15, -0.1) is 11.3 Å². The van der Waals surface area contributed by atoms with Crippen molar-refractivity contribution in [3.8, 4) is 16.9 Å². The van der Waals surface area contributed by atoms with Gasteiger partial charge in [0.05, 0.1) is 16.8 Å². The lowest BCUT2D eigenvalue weighted by Crippen LogP contribution is -2.12. The number of benzene rings is 1. The highest BCUT2D eigenvalue weighted by molar-refractivity contribution is 7.07. The second-order valence-electron chi connectivity index (χ2n) is 4.10. The summed E-state index contributed by atoms with van der Waals surface area (Å²) in [4.78, 5) is 0. The third-order valence-corrected chi connectivity index (χ3v) is 3.35. The molecule has 0 fully saturated rings. The van der Waals surface area contributed by atoms with Crippen molar-refractivity contribution in [2.75, 3.05) is 0 Å². The molecule has 0 spiro atoms. The van der Waals surface area contributed by atoms with Crippen molar-refractivity contribution in [2.45, 2.75) is 6.18 Å². The smallest absolute Gasteiger partial charge is 0.226 e. The molecule has 0 aliphatic carbocycles. The minimum Gasteiger partial charge on any atom is -0.226 e. The maximum Gasteiger partial charge on any atom is 0.433 e. The number of aromatic nitrogens is 2. The first-order chi connectivity index (χ1) is 9.55. The lowest BCUT2D eigenvalue weighted by atomic mass is 10.1. The van der Waals surface area contributed by atoms with Crippen molar-refractivity contribution >= 4 is 11.3 Å². The third kappa shape index (κ3) is 2.34. The summed E-state index contributed by atoms with van der Waals surface area (Å²) < 4.78 is 40.2. The van der Waals surface area contributed by atoms with Crippen LogP contribution in [-0.4, -0.2) is 9.78 Å². The largest absolute Gasteiger partial charge is 0.433 e.